The molecule has 3 aliphatic rings. The molecule has 0 radical (unpaired) electrons. The summed E-state index contributed by atoms with van der Waals surface area (Å²) in [5.41, 5.74) is 1.52. The second-order valence-electron chi connectivity index (χ2n) is 8.42. The lowest BCUT2D eigenvalue weighted by atomic mass is 9.76. The summed E-state index contributed by atoms with van der Waals surface area (Å²) < 4.78 is 0. The van der Waals surface area contributed by atoms with Crippen LogP contribution in [0.1, 0.15) is 36.0 Å². The summed E-state index contributed by atoms with van der Waals surface area (Å²) in [6.45, 7) is 4.14. The molecule has 3 fully saturated rings. The molecule has 0 saturated carbocycles. The maximum absolute atomic E-state index is 13.1. The second-order valence-corrected chi connectivity index (χ2v) is 8.42. The highest BCUT2D eigenvalue weighted by Gasteiger charge is 2.42. The van der Waals surface area contributed by atoms with E-state index in [1.165, 1.54) is 32.2 Å². The Morgan fingerprint density at radius 2 is 1.86 bits per heavy atom. The molecule has 1 N–H and O–H groups in total. The molecular weight excluding hydrogens is 350 g/mol. The summed E-state index contributed by atoms with van der Waals surface area (Å²) in [6, 6.07) is 10.5. The highest BCUT2D eigenvalue weighted by atomic mass is 16.2. The fourth-order valence-corrected chi connectivity index (χ4v) is 5.27. The number of likely N-dealkylation sites (tertiary alicyclic amines) is 1. The Balaban J connectivity index is 1.26. The minimum atomic E-state index is 0.0743. The zero-order valence-corrected chi connectivity index (χ0v) is 16.1. The number of anilines is 2. The number of hydrogen-bond acceptors (Lipinski definition) is 5. The smallest absolute Gasteiger partial charge is 0.257 e. The van der Waals surface area contributed by atoms with E-state index in [-0.39, 0.29) is 5.91 Å². The number of fused-ring (bicyclic) bond motifs is 4. The van der Waals surface area contributed by atoms with E-state index in [0.717, 1.165) is 25.3 Å². The number of benzene rings is 1. The number of piperidine rings is 3. The highest BCUT2D eigenvalue weighted by molar-refractivity contribution is 5.93. The number of hydrogen-bond donors (Lipinski definition) is 1. The van der Waals surface area contributed by atoms with Gasteiger partial charge in [0.15, 0.2) is 0 Å². The Hall–Kier alpha value is -2.47. The molecule has 3 aliphatic heterocycles. The molecule has 4 heterocycles. The van der Waals surface area contributed by atoms with Gasteiger partial charge in [0.1, 0.15) is 0 Å². The van der Waals surface area contributed by atoms with E-state index in [2.05, 4.69) is 20.2 Å². The minimum Gasteiger partial charge on any atom is -0.338 e. The number of nitrogens with one attached hydrogen (secondary N) is 1. The lowest BCUT2D eigenvalue weighted by Gasteiger charge is -2.52. The van der Waals surface area contributed by atoms with Crippen molar-refractivity contribution in [3.05, 3.63) is 48.3 Å². The van der Waals surface area contributed by atoms with Gasteiger partial charge in [0.2, 0.25) is 5.95 Å². The van der Waals surface area contributed by atoms with Crippen LogP contribution < -0.4 is 5.32 Å². The van der Waals surface area contributed by atoms with Gasteiger partial charge in [-0.15, -0.1) is 0 Å². The van der Waals surface area contributed by atoms with Crippen LogP contribution in [0.3, 0.4) is 0 Å². The van der Waals surface area contributed by atoms with Gasteiger partial charge in [-0.1, -0.05) is 24.6 Å². The van der Waals surface area contributed by atoms with Crippen LogP contribution in [0.25, 0.3) is 0 Å². The van der Waals surface area contributed by atoms with Gasteiger partial charge in [0.05, 0.1) is 5.56 Å². The summed E-state index contributed by atoms with van der Waals surface area (Å²) in [5.74, 6) is 1.81. The van der Waals surface area contributed by atoms with Gasteiger partial charge in [0, 0.05) is 43.8 Å². The van der Waals surface area contributed by atoms with Crippen molar-refractivity contribution in [2.75, 3.05) is 31.5 Å². The Kier molecular flexibility index (Phi) is 4.72. The van der Waals surface area contributed by atoms with Gasteiger partial charge in [-0.05, 0) is 49.8 Å². The summed E-state index contributed by atoms with van der Waals surface area (Å²) in [4.78, 5) is 26.5. The maximum Gasteiger partial charge on any atom is 0.257 e. The Bertz CT molecular complexity index is 825. The number of amides is 1. The van der Waals surface area contributed by atoms with Crippen molar-refractivity contribution in [3.63, 3.8) is 0 Å². The van der Waals surface area contributed by atoms with Crippen molar-refractivity contribution in [2.45, 2.75) is 31.7 Å². The van der Waals surface area contributed by atoms with Crippen LogP contribution in [0.4, 0.5) is 11.6 Å². The van der Waals surface area contributed by atoms with Crippen LogP contribution in [0.5, 0.6) is 0 Å². The van der Waals surface area contributed by atoms with Crippen molar-refractivity contribution in [3.8, 4) is 0 Å². The zero-order valence-electron chi connectivity index (χ0n) is 16.1. The zero-order chi connectivity index (χ0) is 18.9. The molecule has 0 aliphatic carbocycles. The highest BCUT2D eigenvalue weighted by Crippen LogP contribution is 2.37. The third-order valence-electron chi connectivity index (χ3n) is 6.49. The van der Waals surface area contributed by atoms with Crippen molar-refractivity contribution >= 4 is 17.5 Å². The number of aromatic nitrogens is 2. The summed E-state index contributed by atoms with van der Waals surface area (Å²) >= 11 is 0. The minimum absolute atomic E-state index is 0.0743. The van der Waals surface area contributed by atoms with Crippen molar-refractivity contribution in [2.24, 2.45) is 11.8 Å². The fraction of sp³-hybridized carbons (Fsp3) is 0.500. The van der Waals surface area contributed by atoms with E-state index in [1.807, 2.05) is 35.2 Å². The summed E-state index contributed by atoms with van der Waals surface area (Å²) in [6.07, 6.45) is 8.54. The molecule has 146 valence electrons. The van der Waals surface area contributed by atoms with E-state index in [0.29, 0.717) is 29.4 Å². The lowest BCUT2D eigenvalue weighted by Crippen LogP contribution is -2.59. The van der Waals surface area contributed by atoms with Crippen molar-refractivity contribution in [1.82, 2.24) is 19.8 Å². The average Bonchev–Trinajstić information content (AvgIpc) is 2.74. The van der Waals surface area contributed by atoms with Gasteiger partial charge in [-0.25, -0.2) is 9.97 Å². The topological polar surface area (TPSA) is 61.4 Å². The van der Waals surface area contributed by atoms with Crippen LogP contribution in [0, 0.1) is 11.8 Å². The number of nitrogens with zero attached hydrogens (tertiary/aromatic N) is 4. The Labute approximate surface area is 166 Å². The molecule has 2 aromatic rings. The summed E-state index contributed by atoms with van der Waals surface area (Å²) in [5, 5.41) is 3.16. The van der Waals surface area contributed by atoms with Crippen LogP contribution in [-0.4, -0.2) is 57.9 Å². The molecule has 1 amide bonds. The predicted octanol–water partition coefficient (Wildman–Crippen LogP) is 3.17. The molecule has 0 spiro atoms. The van der Waals surface area contributed by atoms with Crippen LogP contribution in [0.15, 0.2) is 42.7 Å². The molecule has 1 aromatic heterocycles. The van der Waals surface area contributed by atoms with Gasteiger partial charge in [-0.3, -0.25) is 9.69 Å². The van der Waals surface area contributed by atoms with Gasteiger partial charge < -0.3 is 10.2 Å². The monoisotopic (exact) mass is 377 g/mol. The van der Waals surface area contributed by atoms with Crippen molar-refractivity contribution in [1.29, 1.82) is 0 Å². The number of para-hydroxylation sites is 1. The first-order chi connectivity index (χ1) is 13.8. The number of carbonyl (C=O) groups is 1. The number of carbonyl (C=O) groups excluding carboxylic acids is 1. The molecule has 3 atom stereocenters. The molecule has 0 unspecified atom stereocenters. The molecule has 5 rings (SSSR count). The normalized spacial score (nSPS) is 27.1. The predicted molar refractivity (Wildman–Crippen MR) is 108 cm³/mol. The maximum atomic E-state index is 13.1. The number of rotatable bonds is 3. The Morgan fingerprint density at radius 3 is 2.68 bits per heavy atom. The first-order valence-electron chi connectivity index (χ1n) is 10.4. The van der Waals surface area contributed by atoms with Gasteiger partial charge >= 0.3 is 0 Å². The molecule has 6 heteroatoms. The molecule has 2 bridgehead atoms. The molecule has 3 saturated heterocycles. The van der Waals surface area contributed by atoms with E-state index >= 15 is 0 Å². The first-order valence-corrected chi connectivity index (χ1v) is 10.4. The molecule has 6 nitrogen and oxygen atoms in total. The van der Waals surface area contributed by atoms with Crippen LogP contribution in [-0.2, 0) is 0 Å². The van der Waals surface area contributed by atoms with E-state index < -0.39 is 0 Å². The van der Waals surface area contributed by atoms with Crippen LogP contribution in [0.2, 0.25) is 0 Å². The fourth-order valence-electron chi connectivity index (χ4n) is 5.27. The van der Waals surface area contributed by atoms with Crippen molar-refractivity contribution < 1.29 is 4.79 Å². The SMILES string of the molecule is O=C(c1cnc(Nc2ccccc2)nc1)N1C[C@@H]2C[C@H](C1)[C@@H]1CCCCN1C2. The van der Waals surface area contributed by atoms with E-state index in [9.17, 15) is 4.79 Å². The Morgan fingerprint density at radius 1 is 1.04 bits per heavy atom. The van der Waals surface area contributed by atoms with Gasteiger partial charge in [-0.2, -0.15) is 0 Å². The largest absolute Gasteiger partial charge is 0.338 e. The van der Waals surface area contributed by atoms with E-state index in [4.69, 9.17) is 0 Å². The average molecular weight is 377 g/mol. The second kappa shape index (κ2) is 7.51. The lowest BCUT2D eigenvalue weighted by molar-refractivity contribution is -0.0243. The standard InChI is InChI=1S/C22H27N5O/c28-21(18-11-23-22(24-12-18)25-19-6-2-1-3-7-19)27-14-16-10-17(15-27)20-8-4-5-9-26(20)13-16/h1-3,6-7,11-12,16-17,20H,4-5,8-10,13-15H2,(H,23,24,25)/t16-,17-,20+/m1/s1. The third-order valence-corrected chi connectivity index (χ3v) is 6.49. The third kappa shape index (κ3) is 3.49. The first kappa shape index (κ1) is 17.6. The van der Waals surface area contributed by atoms with E-state index in [1.54, 1.807) is 12.4 Å². The molecule has 28 heavy (non-hydrogen) atoms. The molecular formula is C22H27N5O. The summed E-state index contributed by atoms with van der Waals surface area (Å²) in [7, 11) is 0. The quantitative estimate of drug-likeness (QED) is 0.890. The molecule has 1 aromatic carbocycles. The van der Waals surface area contributed by atoms with Gasteiger partial charge in [0.25, 0.3) is 5.91 Å². The van der Waals surface area contributed by atoms with Crippen LogP contribution >= 0.6 is 0 Å².